The molecule has 1 amide bonds. The summed E-state index contributed by atoms with van der Waals surface area (Å²) in [6.07, 6.45) is 5.89. The second-order valence-electron chi connectivity index (χ2n) is 7.67. The van der Waals surface area contributed by atoms with E-state index in [1.54, 1.807) is 29.4 Å². The molecule has 158 valence electrons. The SMILES string of the molecule is CCCCCN1C(=O)C(=O)/C(=C(\O)c2ccncc2)C1c1ccc(OC(C)C)cc1. The maximum atomic E-state index is 12.9. The normalized spacial score (nSPS) is 18.3. The smallest absolute Gasteiger partial charge is 0.295 e. The van der Waals surface area contributed by atoms with Crippen molar-refractivity contribution in [2.24, 2.45) is 0 Å². The molecule has 1 unspecified atom stereocenters. The van der Waals surface area contributed by atoms with Gasteiger partial charge in [-0.2, -0.15) is 0 Å². The van der Waals surface area contributed by atoms with Crippen LogP contribution in [0, 0.1) is 0 Å². The highest BCUT2D eigenvalue weighted by Crippen LogP contribution is 2.40. The number of ketones is 1. The molecule has 1 atom stereocenters. The molecule has 30 heavy (non-hydrogen) atoms. The van der Waals surface area contributed by atoms with Crippen LogP contribution in [0.15, 0.2) is 54.4 Å². The van der Waals surface area contributed by atoms with E-state index >= 15 is 0 Å². The van der Waals surface area contributed by atoms with Crippen molar-refractivity contribution in [3.63, 3.8) is 0 Å². The predicted molar refractivity (Wildman–Crippen MR) is 115 cm³/mol. The van der Waals surface area contributed by atoms with Crippen molar-refractivity contribution in [3.05, 3.63) is 65.5 Å². The summed E-state index contributed by atoms with van der Waals surface area (Å²) in [6.45, 7) is 6.44. The Balaban J connectivity index is 2.05. The van der Waals surface area contributed by atoms with Crippen molar-refractivity contribution in [2.45, 2.75) is 52.2 Å². The number of nitrogens with zero attached hydrogens (tertiary/aromatic N) is 2. The monoisotopic (exact) mass is 408 g/mol. The van der Waals surface area contributed by atoms with Crippen LogP contribution in [0.5, 0.6) is 5.75 Å². The van der Waals surface area contributed by atoms with E-state index in [1.165, 1.54) is 0 Å². The van der Waals surface area contributed by atoms with Gasteiger partial charge in [0.05, 0.1) is 17.7 Å². The van der Waals surface area contributed by atoms with Crippen LogP contribution in [0.4, 0.5) is 0 Å². The summed E-state index contributed by atoms with van der Waals surface area (Å²) >= 11 is 0. The number of pyridine rings is 1. The second kappa shape index (κ2) is 9.57. The van der Waals surface area contributed by atoms with E-state index < -0.39 is 17.7 Å². The molecule has 3 rings (SSSR count). The van der Waals surface area contributed by atoms with Crippen molar-refractivity contribution in [2.75, 3.05) is 6.54 Å². The third-order valence-corrected chi connectivity index (χ3v) is 5.06. The third kappa shape index (κ3) is 4.53. The van der Waals surface area contributed by atoms with Gasteiger partial charge in [0, 0.05) is 24.5 Å². The number of likely N-dealkylation sites (tertiary alicyclic amines) is 1. The van der Waals surface area contributed by atoms with Crippen LogP contribution in [-0.4, -0.2) is 39.3 Å². The number of carbonyl (C=O) groups excluding carboxylic acids is 2. The molecular formula is C24H28N2O4. The van der Waals surface area contributed by atoms with Gasteiger partial charge in [-0.3, -0.25) is 14.6 Å². The molecule has 0 spiro atoms. The molecular weight excluding hydrogens is 380 g/mol. The number of Topliss-reactive ketones (excluding diaryl/α,β-unsaturated/α-hetero) is 1. The molecule has 1 saturated heterocycles. The van der Waals surface area contributed by atoms with Crippen LogP contribution < -0.4 is 4.74 Å². The highest BCUT2D eigenvalue weighted by atomic mass is 16.5. The summed E-state index contributed by atoms with van der Waals surface area (Å²) in [5, 5.41) is 10.9. The van der Waals surface area contributed by atoms with Crippen LogP contribution >= 0.6 is 0 Å². The molecule has 2 aromatic rings. The van der Waals surface area contributed by atoms with E-state index in [9.17, 15) is 14.7 Å². The van der Waals surface area contributed by atoms with Gasteiger partial charge >= 0.3 is 0 Å². The van der Waals surface area contributed by atoms with Crippen molar-refractivity contribution in [1.82, 2.24) is 9.88 Å². The molecule has 2 heterocycles. The molecule has 1 aliphatic rings. The first-order chi connectivity index (χ1) is 14.4. The zero-order valence-corrected chi connectivity index (χ0v) is 17.7. The number of benzene rings is 1. The number of unbranched alkanes of at least 4 members (excludes halogenated alkanes) is 2. The number of rotatable bonds is 8. The first-order valence-corrected chi connectivity index (χ1v) is 10.4. The fourth-order valence-electron chi connectivity index (χ4n) is 3.66. The Hall–Kier alpha value is -3.15. The average Bonchev–Trinajstić information content (AvgIpc) is 2.99. The topological polar surface area (TPSA) is 79.7 Å². The summed E-state index contributed by atoms with van der Waals surface area (Å²) in [5.41, 5.74) is 1.33. The Kier molecular flexibility index (Phi) is 6.87. The Morgan fingerprint density at radius 1 is 1.10 bits per heavy atom. The van der Waals surface area contributed by atoms with E-state index in [1.807, 2.05) is 38.1 Å². The molecule has 0 radical (unpaired) electrons. The Labute approximate surface area is 177 Å². The Bertz CT molecular complexity index is 920. The second-order valence-corrected chi connectivity index (χ2v) is 7.67. The quantitative estimate of drug-likeness (QED) is 0.301. The molecule has 1 aromatic heterocycles. The summed E-state index contributed by atoms with van der Waals surface area (Å²) < 4.78 is 5.71. The number of hydrogen-bond donors (Lipinski definition) is 1. The zero-order valence-electron chi connectivity index (χ0n) is 17.7. The minimum atomic E-state index is -0.659. The largest absolute Gasteiger partial charge is 0.507 e. The van der Waals surface area contributed by atoms with E-state index in [4.69, 9.17) is 4.74 Å². The third-order valence-electron chi connectivity index (χ3n) is 5.06. The lowest BCUT2D eigenvalue weighted by atomic mass is 9.95. The van der Waals surface area contributed by atoms with Gasteiger partial charge in [-0.1, -0.05) is 31.9 Å². The van der Waals surface area contributed by atoms with Gasteiger partial charge < -0.3 is 14.7 Å². The summed E-state index contributed by atoms with van der Waals surface area (Å²) in [4.78, 5) is 31.3. The number of aliphatic hydroxyl groups is 1. The van der Waals surface area contributed by atoms with Gasteiger partial charge in [-0.15, -0.1) is 0 Å². The molecule has 1 fully saturated rings. The maximum absolute atomic E-state index is 12.9. The molecule has 1 N–H and O–H groups in total. The summed E-state index contributed by atoms with van der Waals surface area (Å²) in [7, 11) is 0. The standard InChI is InChI=1S/C24H28N2O4/c1-4-5-6-15-26-21(17-7-9-19(10-8-17)30-16(2)3)20(23(28)24(26)29)22(27)18-11-13-25-14-12-18/h7-14,16,21,27H,4-6,15H2,1-3H3/b22-20-. The minimum absolute atomic E-state index is 0.0437. The lowest BCUT2D eigenvalue weighted by Gasteiger charge is -2.25. The fourth-order valence-corrected chi connectivity index (χ4v) is 3.66. The van der Waals surface area contributed by atoms with Crippen LogP contribution in [0.2, 0.25) is 0 Å². The van der Waals surface area contributed by atoms with Gasteiger partial charge in [0.25, 0.3) is 11.7 Å². The van der Waals surface area contributed by atoms with Crippen LogP contribution in [0.1, 0.15) is 57.2 Å². The first-order valence-electron chi connectivity index (χ1n) is 10.4. The Morgan fingerprint density at radius 2 is 1.77 bits per heavy atom. The number of hydrogen-bond acceptors (Lipinski definition) is 5. The zero-order chi connectivity index (χ0) is 21.7. The summed E-state index contributed by atoms with van der Waals surface area (Å²) in [5.74, 6) is -0.699. The van der Waals surface area contributed by atoms with E-state index in [2.05, 4.69) is 11.9 Å². The van der Waals surface area contributed by atoms with E-state index in [0.29, 0.717) is 17.9 Å². The Morgan fingerprint density at radius 3 is 2.37 bits per heavy atom. The molecule has 0 aliphatic carbocycles. The highest BCUT2D eigenvalue weighted by Gasteiger charge is 2.45. The number of aromatic nitrogens is 1. The predicted octanol–water partition coefficient (Wildman–Crippen LogP) is 4.48. The van der Waals surface area contributed by atoms with Crippen LogP contribution in [0.25, 0.3) is 5.76 Å². The number of carbonyl (C=O) groups is 2. The molecule has 0 saturated carbocycles. The highest BCUT2D eigenvalue weighted by molar-refractivity contribution is 6.46. The minimum Gasteiger partial charge on any atom is -0.507 e. The molecule has 6 heteroatoms. The van der Waals surface area contributed by atoms with E-state index in [-0.39, 0.29) is 17.4 Å². The van der Waals surface area contributed by atoms with Gasteiger partial charge in [0.1, 0.15) is 11.5 Å². The van der Waals surface area contributed by atoms with Crippen LogP contribution in [-0.2, 0) is 9.59 Å². The number of amides is 1. The first kappa shape index (κ1) is 21.6. The number of ether oxygens (including phenoxy) is 1. The van der Waals surface area contributed by atoms with Crippen molar-refractivity contribution in [3.8, 4) is 5.75 Å². The van der Waals surface area contributed by atoms with Crippen LogP contribution in [0.3, 0.4) is 0 Å². The molecule has 1 aromatic carbocycles. The van der Waals surface area contributed by atoms with Gasteiger partial charge in [-0.25, -0.2) is 0 Å². The van der Waals surface area contributed by atoms with Crippen molar-refractivity contribution in [1.29, 1.82) is 0 Å². The van der Waals surface area contributed by atoms with Crippen molar-refractivity contribution >= 4 is 17.4 Å². The lowest BCUT2D eigenvalue weighted by Crippen LogP contribution is -2.30. The van der Waals surface area contributed by atoms with E-state index in [0.717, 1.165) is 24.8 Å². The molecule has 1 aliphatic heterocycles. The van der Waals surface area contributed by atoms with Gasteiger partial charge in [-0.05, 0) is 50.1 Å². The van der Waals surface area contributed by atoms with Crippen molar-refractivity contribution < 1.29 is 19.4 Å². The fraction of sp³-hybridized carbons (Fsp3) is 0.375. The maximum Gasteiger partial charge on any atom is 0.295 e. The molecule has 6 nitrogen and oxygen atoms in total. The number of aliphatic hydroxyl groups excluding tert-OH is 1. The van der Waals surface area contributed by atoms with Gasteiger partial charge in [0.2, 0.25) is 0 Å². The van der Waals surface area contributed by atoms with Gasteiger partial charge in [0.15, 0.2) is 0 Å². The summed E-state index contributed by atoms with van der Waals surface area (Å²) in [6, 6.07) is 9.96. The lowest BCUT2D eigenvalue weighted by molar-refractivity contribution is -0.139. The molecule has 0 bridgehead atoms. The average molecular weight is 408 g/mol.